The third kappa shape index (κ3) is 4.28. The van der Waals surface area contributed by atoms with Crippen molar-refractivity contribution >= 4 is 11.8 Å². The highest BCUT2D eigenvalue weighted by atomic mass is 19.1. The molecule has 1 N–H and O–H groups in total. The van der Waals surface area contributed by atoms with Gasteiger partial charge in [-0.3, -0.25) is 9.59 Å². The molecule has 1 aromatic rings. The Labute approximate surface area is 135 Å². The number of benzene rings is 1. The van der Waals surface area contributed by atoms with Crippen LogP contribution in [0.1, 0.15) is 19.4 Å². The minimum atomic E-state index is -1.02. The van der Waals surface area contributed by atoms with Gasteiger partial charge < -0.3 is 14.9 Å². The van der Waals surface area contributed by atoms with Crippen LogP contribution in [-0.2, 0) is 16.0 Å². The van der Waals surface area contributed by atoms with Gasteiger partial charge in [0.1, 0.15) is 11.9 Å². The molecule has 1 aliphatic heterocycles. The van der Waals surface area contributed by atoms with Crippen LogP contribution in [0, 0.1) is 11.7 Å². The van der Waals surface area contributed by atoms with Gasteiger partial charge in [0.2, 0.25) is 5.91 Å². The molecule has 23 heavy (non-hydrogen) atoms. The highest BCUT2D eigenvalue weighted by Gasteiger charge is 2.28. The summed E-state index contributed by atoms with van der Waals surface area (Å²) in [5.41, 5.74) is 0.538. The van der Waals surface area contributed by atoms with Gasteiger partial charge in [-0.1, -0.05) is 25.1 Å². The first-order valence-corrected chi connectivity index (χ1v) is 7.89. The molecule has 0 aliphatic carbocycles. The van der Waals surface area contributed by atoms with E-state index < -0.39 is 6.10 Å². The number of piperazine rings is 1. The summed E-state index contributed by atoms with van der Waals surface area (Å²) in [6.45, 7) is 4.96. The molecule has 6 heteroatoms. The second-order valence-corrected chi connectivity index (χ2v) is 6.02. The summed E-state index contributed by atoms with van der Waals surface area (Å²) in [6, 6.07) is 6.48. The van der Waals surface area contributed by atoms with Crippen LogP contribution in [0.3, 0.4) is 0 Å². The average Bonchev–Trinajstić information content (AvgIpc) is 2.55. The minimum Gasteiger partial charge on any atom is -0.384 e. The van der Waals surface area contributed by atoms with E-state index in [2.05, 4.69) is 0 Å². The predicted octanol–water partition coefficient (Wildman–Crippen LogP) is 1.06. The van der Waals surface area contributed by atoms with Gasteiger partial charge in [0.15, 0.2) is 0 Å². The smallest absolute Gasteiger partial charge is 0.251 e. The molecule has 1 aromatic carbocycles. The normalized spacial score (nSPS) is 17.7. The molecule has 1 fully saturated rings. The zero-order valence-electron chi connectivity index (χ0n) is 13.5. The summed E-state index contributed by atoms with van der Waals surface area (Å²) >= 11 is 0. The molecule has 5 nitrogen and oxygen atoms in total. The van der Waals surface area contributed by atoms with Crippen molar-refractivity contribution in [3.8, 4) is 0 Å². The SMILES string of the molecule is CC(O)C(=O)N1CCN(C(=O)C(C)Cc2ccccc2F)CC1. The number of amides is 2. The summed E-state index contributed by atoms with van der Waals surface area (Å²) in [6.07, 6.45) is -0.657. The van der Waals surface area contributed by atoms with Gasteiger partial charge >= 0.3 is 0 Å². The maximum Gasteiger partial charge on any atom is 0.251 e. The van der Waals surface area contributed by atoms with Crippen LogP contribution >= 0.6 is 0 Å². The summed E-state index contributed by atoms with van der Waals surface area (Å²) in [5, 5.41) is 9.32. The second kappa shape index (κ2) is 7.55. The van der Waals surface area contributed by atoms with Crippen molar-refractivity contribution in [1.82, 2.24) is 9.80 Å². The molecule has 2 atom stereocenters. The largest absolute Gasteiger partial charge is 0.384 e. The van der Waals surface area contributed by atoms with Crippen molar-refractivity contribution in [2.24, 2.45) is 5.92 Å². The van der Waals surface area contributed by atoms with Crippen LogP contribution in [0.15, 0.2) is 24.3 Å². The topological polar surface area (TPSA) is 60.9 Å². The molecule has 2 unspecified atom stereocenters. The van der Waals surface area contributed by atoms with Crippen molar-refractivity contribution in [2.75, 3.05) is 26.2 Å². The molecule has 0 bridgehead atoms. The number of aliphatic hydroxyl groups is 1. The van der Waals surface area contributed by atoms with Crippen LogP contribution in [0.2, 0.25) is 0 Å². The molecule has 1 saturated heterocycles. The molecule has 0 radical (unpaired) electrons. The molecule has 126 valence electrons. The number of halogens is 1. The van der Waals surface area contributed by atoms with Crippen molar-refractivity contribution in [3.63, 3.8) is 0 Å². The minimum absolute atomic E-state index is 0.0302. The van der Waals surface area contributed by atoms with Gasteiger partial charge in [0, 0.05) is 32.1 Å². The molecule has 0 spiro atoms. The van der Waals surface area contributed by atoms with Crippen LogP contribution in [0.25, 0.3) is 0 Å². The first-order chi connectivity index (χ1) is 10.9. The Kier molecular flexibility index (Phi) is 5.71. The first-order valence-electron chi connectivity index (χ1n) is 7.89. The average molecular weight is 322 g/mol. The Morgan fingerprint density at radius 2 is 1.61 bits per heavy atom. The summed E-state index contributed by atoms with van der Waals surface area (Å²) < 4.78 is 13.7. The highest BCUT2D eigenvalue weighted by Crippen LogP contribution is 2.16. The highest BCUT2D eigenvalue weighted by molar-refractivity contribution is 5.81. The standard InChI is InChI=1S/C17H23FN2O3/c1-12(11-14-5-3-4-6-15(14)18)16(22)19-7-9-20(10-8-19)17(23)13(2)21/h3-6,12-13,21H,7-11H2,1-2H3. The van der Waals surface area contributed by atoms with Crippen molar-refractivity contribution in [3.05, 3.63) is 35.6 Å². The summed E-state index contributed by atoms with van der Waals surface area (Å²) in [4.78, 5) is 27.5. The fourth-order valence-corrected chi connectivity index (χ4v) is 2.80. The van der Waals surface area contributed by atoms with Crippen LogP contribution < -0.4 is 0 Å². The van der Waals surface area contributed by atoms with Gasteiger partial charge in [-0.2, -0.15) is 0 Å². The quantitative estimate of drug-likeness (QED) is 0.901. The third-order valence-electron chi connectivity index (χ3n) is 4.17. The fraction of sp³-hybridized carbons (Fsp3) is 0.529. The number of carbonyl (C=O) groups excluding carboxylic acids is 2. The van der Waals surface area contributed by atoms with E-state index in [1.807, 2.05) is 0 Å². The Morgan fingerprint density at radius 1 is 1.09 bits per heavy atom. The molecule has 2 amide bonds. The number of rotatable bonds is 4. The lowest BCUT2D eigenvalue weighted by Gasteiger charge is -2.36. The lowest BCUT2D eigenvalue weighted by Crippen LogP contribution is -2.53. The lowest BCUT2D eigenvalue weighted by atomic mass is 9.99. The van der Waals surface area contributed by atoms with Crippen LogP contribution in [-0.4, -0.2) is 59.0 Å². The van der Waals surface area contributed by atoms with Gasteiger partial charge in [0.25, 0.3) is 5.91 Å². The molecule has 1 aliphatic rings. The van der Waals surface area contributed by atoms with E-state index >= 15 is 0 Å². The Hall–Kier alpha value is -1.95. The van der Waals surface area contributed by atoms with Crippen molar-refractivity contribution in [1.29, 1.82) is 0 Å². The number of nitrogens with zero attached hydrogens (tertiary/aromatic N) is 2. The predicted molar refractivity (Wildman–Crippen MR) is 84.1 cm³/mol. The van der Waals surface area contributed by atoms with Crippen molar-refractivity contribution < 1.29 is 19.1 Å². The van der Waals surface area contributed by atoms with E-state index in [4.69, 9.17) is 0 Å². The van der Waals surface area contributed by atoms with Gasteiger partial charge in [-0.25, -0.2) is 4.39 Å². The lowest BCUT2D eigenvalue weighted by molar-refractivity contribution is -0.145. The number of carbonyl (C=O) groups is 2. The van der Waals surface area contributed by atoms with Gasteiger partial charge in [-0.15, -0.1) is 0 Å². The van der Waals surface area contributed by atoms with Gasteiger partial charge in [-0.05, 0) is 25.0 Å². The van der Waals surface area contributed by atoms with E-state index in [1.165, 1.54) is 13.0 Å². The molecular formula is C17H23FN2O3. The molecular weight excluding hydrogens is 299 g/mol. The molecule has 0 saturated carbocycles. The summed E-state index contributed by atoms with van der Waals surface area (Å²) in [7, 11) is 0. The zero-order chi connectivity index (χ0) is 17.0. The monoisotopic (exact) mass is 322 g/mol. The number of hydrogen-bond donors (Lipinski definition) is 1. The third-order valence-corrected chi connectivity index (χ3v) is 4.17. The van der Waals surface area contributed by atoms with Crippen LogP contribution in [0.4, 0.5) is 4.39 Å². The fourth-order valence-electron chi connectivity index (χ4n) is 2.80. The zero-order valence-corrected chi connectivity index (χ0v) is 13.5. The maximum atomic E-state index is 13.7. The molecule has 0 aromatic heterocycles. The van der Waals surface area contributed by atoms with Crippen LogP contribution in [0.5, 0.6) is 0 Å². The van der Waals surface area contributed by atoms with Gasteiger partial charge in [0.05, 0.1) is 0 Å². The first kappa shape index (κ1) is 17.4. The number of aliphatic hydroxyl groups excluding tert-OH is 1. The Bertz CT molecular complexity index is 569. The number of hydrogen-bond acceptors (Lipinski definition) is 3. The van der Waals surface area contributed by atoms with E-state index in [0.29, 0.717) is 38.2 Å². The van der Waals surface area contributed by atoms with E-state index in [1.54, 1.807) is 34.9 Å². The van der Waals surface area contributed by atoms with Crippen molar-refractivity contribution in [2.45, 2.75) is 26.4 Å². The molecule has 2 rings (SSSR count). The van der Waals surface area contributed by atoms with E-state index in [9.17, 15) is 19.1 Å². The van der Waals surface area contributed by atoms with E-state index in [-0.39, 0.29) is 23.5 Å². The Morgan fingerprint density at radius 3 is 2.13 bits per heavy atom. The van der Waals surface area contributed by atoms with E-state index in [0.717, 1.165) is 0 Å². The summed E-state index contributed by atoms with van der Waals surface area (Å²) in [5.74, 6) is -0.945. The maximum absolute atomic E-state index is 13.7. The Balaban J connectivity index is 1.89. The molecule has 1 heterocycles. The second-order valence-electron chi connectivity index (χ2n) is 6.02.